The first kappa shape index (κ1) is 13.8. The molecule has 4 atom stereocenters. The summed E-state index contributed by atoms with van der Waals surface area (Å²) in [6.07, 6.45) is 9.75. The van der Waals surface area contributed by atoms with Gasteiger partial charge in [0.25, 0.3) is 0 Å². The Hall–Kier alpha value is -0.590. The number of ketones is 1. The Labute approximate surface area is 112 Å². The molecule has 0 aromatic carbocycles. The molecule has 2 rings (SSSR count). The second kappa shape index (κ2) is 4.83. The lowest BCUT2D eigenvalue weighted by Crippen LogP contribution is -2.55. The normalized spacial score (nSPS) is 44.5. The van der Waals surface area contributed by atoms with Crippen LogP contribution >= 0.6 is 0 Å². The average molecular weight is 248 g/mol. The third-order valence-electron chi connectivity index (χ3n) is 6.43. The van der Waals surface area contributed by atoms with Crippen LogP contribution in [0.15, 0.2) is 12.7 Å². The summed E-state index contributed by atoms with van der Waals surface area (Å²) in [6, 6.07) is 0. The van der Waals surface area contributed by atoms with E-state index < -0.39 is 0 Å². The fourth-order valence-corrected chi connectivity index (χ4v) is 4.72. The Kier molecular flexibility index (Phi) is 3.71. The first-order chi connectivity index (χ1) is 8.45. The van der Waals surface area contributed by atoms with Gasteiger partial charge in [0.15, 0.2) is 0 Å². The molecule has 1 heteroatoms. The molecule has 0 saturated heterocycles. The van der Waals surface area contributed by atoms with Crippen molar-refractivity contribution < 1.29 is 4.79 Å². The molecule has 1 nitrogen and oxygen atoms in total. The number of carbonyl (C=O) groups is 1. The van der Waals surface area contributed by atoms with E-state index in [4.69, 9.17) is 0 Å². The first-order valence-corrected chi connectivity index (χ1v) is 7.59. The highest BCUT2D eigenvalue weighted by Crippen LogP contribution is 2.63. The summed E-state index contributed by atoms with van der Waals surface area (Å²) in [4.78, 5) is 12.4. The molecule has 0 aromatic rings. The van der Waals surface area contributed by atoms with Crippen LogP contribution < -0.4 is 0 Å². The van der Waals surface area contributed by atoms with E-state index in [0.29, 0.717) is 11.2 Å². The van der Waals surface area contributed by atoms with Crippen LogP contribution in [0.5, 0.6) is 0 Å². The minimum absolute atomic E-state index is 0.225. The molecule has 2 aliphatic carbocycles. The highest BCUT2D eigenvalue weighted by atomic mass is 16.1. The number of carbonyl (C=O) groups excluding carboxylic acids is 1. The van der Waals surface area contributed by atoms with Crippen LogP contribution in [0.1, 0.15) is 65.7 Å². The van der Waals surface area contributed by atoms with E-state index in [1.807, 2.05) is 6.08 Å². The Balaban J connectivity index is 2.32. The summed E-state index contributed by atoms with van der Waals surface area (Å²) in [5, 5.41) is 0. The Bertz CT molecular complexity index is 346. The summed E-state index contributed by atoms with van der Waals surface area (Å²) in [7, 11) is 0. The summed E-state index contributed by atoms with van der Waals surface area (Å²) in [5.41, 5.74) is 0.591. The van der Waals surface area contributed by atoms with Crippen molar-refractivity contribution >= 4 is 5.78 Å². The Morgan fingerprint density at radius 3 is 2.72 bits per heavy atom. The predicted molar refractivity (Wildman–Crippen MR) is 76.4 cm³/mol. The molecule has 0 amide bonds. The van der Waals surface area contributed by atoms with Crippen LogP contribution in [-0.4, -0.2) is 5.78 Å². The summed E-state index contributed by atoms with van der Waals surface area (Å²) in [6.45, 7) is 11.1. The second-order valence-electron chi connectivity index (χ2n) is 7.01. The molecule has 18 heavy (non-hydrogen) atoms. The molecule has 0 N–H and O–H groups in total. The van der Waals surface area contributed by atoms with Crippen LogP contribution in [0.4, 0.5) is 0 Å². The zero-order valence-electron chi connectivity index (χ0n) is 12.3. The SMILES string of the molecule is C=CCC[C@@H]1C(=O)CC[C@@]2(C)[C@H](C)CCC[C@@]12C. The predicted octanol–water partition coefficient (Wildman–Crippen LogP) is 4.76. The molecule has 0 bridgehead atoms. The largest absolute Gasteiger partial charge is 0.299 e. The quantitative estimate of drug-likeness (QED) is 0.658. The lowest BCUT2D eigenvalue weighted by Gasteiger charge is -2.60. The van der Waals surface area contributed by atoms with Gasteiger partial charge < -0.3 is 0 Å². The van der Waals surface area contributed by atoms with Gasteiger partial charge in [0.05, 0.1) is 0 Å². The average Bonchev–Trinajstić information content (AvgIpc) is 2.33. The van der Waals surface area contributed by atoms with E-state index in [1.54, 1.807) is 0 Å². The van der Waals surface area contributed by atoms with E-state index in [1.165, 1.54) is 19.3 Å². The molecule has 102 valence electrons. The Morgan fingerprint density at radius 1 is 1.33 bits per heavy atom. The van der Waals surface area contributed by atoms with Gasteiger partial charge in [-0.15, -0.1) is 6.58 Å². The van der Waals surface area contributed by atoms with Gasteiger partial charge in [0, 0.05) is 12.3 Å². The van der Waals surface area contributed by atoms with Gasteiger partial charge in [-0.05, 0) is 42.4 Å². The lowest BCUT2D eigenvalue weighted by atomic mass is 9.44. The van der Waals surface area contributed by atoms with Gasteiger partial charge in [-0.3, -0.25) is 4.79 Å². The van der Waals surface area contributed by atoms with E-state index in [0.717, 1.165) is 31.6 Å². The van der Waals surface area contributed by atoms with Gasteiger partial charge in [0.1, 0.15) is 5.78 Å². The van der Waals surface area contributed by atoms with Crippen molar-refractivity contribution in [2.45, 2.75) is 65.7 Å². The number of fused-ring (bicyclic) bond motifs is 1. The van der Waals surface area contributed by atoms with Gasteiger partial charge in [-0.25, -0.2) is 0 Å². The van der Waals surface area contributed by atoms with Crippen molar-refractivity contribution in [3.05, 3.63) is 12.7 Å². The molecule has 0 radical (unpaired) electrons. The Morgan fingerprint density at radius 2 is 2.06 bits per heavy atom. The number of hydrogen-bond donors (Lipinski definition) is 0. The van der Waals surface area contributed by atoms with Gasteiger partial charge in [-0.2, -0.15) is 0 Å². The van der Waals surface area contributed by atoms with Gasteiger partial charge >= 0.3 is 0 Å². The van der Waals surface area contributed by atoms with Gasteiger partial charge in [-0.1, -0.05) is 39.7 Å². The second-order valence-corrected chi connectivity index (χ2v) is 7.01. The molecule has 0 aliphatic heterocycles. The summed E-state index contributed by atoms with van der Waals surface area (Å²) < 4.78 is 0. The minimum atomic E-state index is 0.225. The maximum absolute atomic E-state index is 12.4. The van der Waals surface area contributed by atoms with Crippen molar-refractivity contribution in [1.82, 2.24) is 0 Å². The molecule has 0 spiro atoms. The van der Waals surface area contributed by atoms with Crippen LogP contribution in [0.25, 0.3) is 0 Å². The molecule has 0 unspecified atom stereocenters. The zero-order chi connectivity index (χ0) is 13.4. The number of hydrogen-bond acceptors (Lipinski definition) is 1. The number of allylic oxidation sites excluding steroid dienone is 1. The molecular formula is C17H28O. The van der Waals surface area contributed by atoms with E-state index in [-0.39, 0.29) is 11.3 Å². The number of Topliss-reactive ketones (excluding diaryl/α,β-unsaturated/α-hetero) is 1. The minimum Gasteiger partial charge on any atom is -0.299 e. The van der Waals surface area contributed by atoms with Crippen molar-refractivity contribution in [1.29, 1.82) is 0 Å². The summed E-state index contributed by atoms with van der Waals surface area (Å²) >= 11 is 0. The molecule has 2 aliphatic rings. The van der Waals surface area contributed by atoms with Crippen molar-refractivity contribution in [2.75, 3.05) is 0 Å². The zero-order valence-corrected chi connectivity index (χ0v) is 12.3. The van der Waals surface area contributed by atoms with Crippen molar-refractivity contribution in [3.8, 4) is 0 Å². The van der Waals surface area contributed by atoms with Gasteiger partial charge in [0.2, 0.25) is 0 Å². The molecule has 2 saturated carbocycles. The molecule has 0 heterocycles. The maximum Gasteiger partial charge on any atom is 0.136 e. The highest BCUT2D eigenvalue weighted by molar-refractivity contribution is 5.83. The highest BCUT2D eigenvalue weighted by Gasteiger charge is 2.57. The molecule has 2 fully saturated rings. The smallest absolute Gasteiger partial charge is 0.136 e. The third-order valence-corrected chi connectivity index (χ3v) is 6.43. The molecule has 0 aromatic heterocycles. The summed E-state index contributed by atoms with van der Waals surface area (Å²) in [5.74, 6) is 1.55. The topological polar surface area (TPSA) is 17.1 Å². The van der Waals surface area contributed by atoms with Crippen LogP contribution in [0.3, 0.4) is 0 Å². The van der Waals surface area contributed by atoms with E-state index in [2.05, 4.69) is 27.4 Å². The molecular weight excluding hydrogens is 220 g/mol. The van der Waals surface area contributed by atoms with Crippen molar-refractivity contribution in [3.63, 3.8) is 0 Å². The maximum atomic E-state index is 12.4. The standard InChI is InChI=1S/C17H28O/c1-5-6-9-14-15(18)10-12-16(3)13(2)8-7-11-17(14,16)4/h5,13-14H,1,6-12H2,2-4H3/t13-,14-,16+,17+/m1/s1. The fraction of sp³-hybridized carbons (Fsp3) is 0.824. The number of rotatable bonds is 3. The third kappa shape index (κ3) is 1.87. The van der Waals surface area contributed by atoms with Crippen LogP contribution in [-0.2, 0) is 4.79 Å². The van der Waals surface area contributed by atoms with Crippen LogP contribution in [0.2, 0.25) is 0 Å². The monoisotopic (exact) mass is 248 g/mol. The first-order valence-electron chi connectivity index (χ1n) is 7.59. The van der Waals surface area contributed by atoms with Crippen molar-refractivity contribution in [2.24, 2.45) is 22.7 Å². The van der Waals surface area contributed by atoms with Crippen LogP contribution in [0, 0.1) is 22.7 Å². The van der Waals surface area contributed by atoms with E-state index in [9.17, 15) is 4.79 Å². The lowest BCUT2D eigenvalue weighted by molar-refractivity contribution is -0.152. The fourth-order valence-electron chi connectivity index (χ4n) is 4.72. The van der Waals surface area contributed by atoms with E-state index >= 15 is 0 Å².